The van der Waals surface area contributed by atoms with Gasteiger partial charge in [-0.15, -0.1) is 0 Å². The van der Waals surface area contributed by atoms with Crippen molar-refractivity contribution in [3.8, 4) is 0 Å². The van der Waals surface area contributed by atoms with Gasteiger partial charge in [-0.3, -0.25) is 9.48 Å². The number of aryl methyl sites for hydroxylation is 1. The monoisotopic (exact) mass is 238 g/mol. The van der Waals surface area contributed by atoms with E-state index in [1.165, 1.54) is 0 Å². The van der Waals surface area contributed by atoms with Crippen molar-refractivity contribution in [1.82, 2.24) is 15.1 Å². The number of carbonyl (C=O) groups is 1. The van der Waals surface area contributed by atoms with Crippen molar-refractivity contribution in [3.05, 3.63) is 12.4 Å². The molecule has 0 saturated carbocycles. The van der Waals surface area contributed by atoms with Crippen LogP contribution in [-0.4, -0.2) is 41.0 Å². The van der Waals surface area contributed by atoms with E-state index >= 15 is 0 Å². The molecule has 17 heavy (non-hydrogen) atoms. The largest absolute Gasteiger partial charge is 0.363 e. The van der Waals surface area contributed by atoms with E-state index in [1.807, 2.05) is 13.8 Å². The molecular formula is C11H18N4O2. The molecule has 2 rings (SSSR count). The van der Waals surface area contributed by atoms with Crippen molar-refractivity contribution in [2.24, 2.45) is 0 Å². The predicted molar refractivity (Wildman–Crippen MR) is 63.8 cm³/mol. The number of carbonyl (C=O) groups excluding carboxylic acids is 1. The van der Waals surface area contributed by atoms with Crippen molar-refractivity contribution in [2.75, 3.05) is 25.0 Å². The van der Waals surface area contributed by atoms with Gasteiger partial charge < -0.3 is 15.4 Å². The minimum atomic E-state index is -0.190. The van der Waals surface area contributed by atoms with Crippen LogP contribution in [0.5, 0.6) is 0 Å². The van der Waals surface area contributed by atoms with Gasteiger partial charge in [0, 0.05) is 25.8 Å². The molecule has 1 aromatic heterocycles. The minimum Gasteiger partial charge on any atom is -0.363 e. The Balaban J connectivity index is 1.76. The Hall–Kier alpha value is -1.40. The highest BCUT2D eigenvalue weighted by atomic mass is 16.5. The molecule has 1 aliphatic heterocycles. The van der Waals surface area contributed by atoms with E-state index in [2.05, 4.69) is 15.7 Å². The summed E-state index contributed by atoms with van der Waals surface area (Å²) in [6.07, 6.45) is 3.43. The highest BCUT2D eigenvalue weighted by Gasteiger charge is 2.32. The van der Waals surface area contributed by atoms with Gasteiger partial charge >= 0.3 is 0 Å². The van der Waals surface area contributed by atoms with Crippen LogP contribution in [0.2, 0.25) is 0 Å². The van der Waals surface area contributed by atoms with Crippen LogP contribution in [0, 0.1) is 0 Å². The molecule has 94 valence electrons. The summed E-state index contributed by atoms with van der Waals surface area (Å²) in [4.78, 5) is 11.6. The summed E-state index contributed by atoms with van der Waals surface area (Å²) in [6.45, 7) is 6.45. The lowest BCUT2D eigenvalue weighted by atomic mass is 10.0. The van der Waals surface area contributed by atoms with Gasteiger partial charge in [0.1, 0.15) is 6.61 Å². The zero-order valence-corrected chi connectivity index (χ0v) is 10.2. The van der Waals surface area contributed by atoms with Crippen LogP contribution < -0.4 is 10.6 Å². The van der Waals surface area contributed by atoms with E-state index in [1.54, 1.807) is 17.1 Å². The Morgan fingerprint density at radius 1 is 1.71 bits per heavy atom. The Bertz CT molecular complexity index is 398. The number of ether oxygens (including phenoxy) is 1. The van der Waals surface area contributed by atoms with Crippen LogP contribution in [0.1, 0.15) is 13.8 Å². The molecule has 2 N–H and O–H groups in total. The van der Waals surface area contributed by atoms with Crippen LogP contribution in [0.25, 0.3) is 0 Å². The first-order chi connectivity index (χ1) is 8.11. The molecule has 0 bridgehead atoms. The van der Waals surface area contributed by atoms with Crippen molar-refractivity contribution < 1.29 is 9.53 Å². The van der Waals surface area contributed by atoms with Crippen LogP contribution in [0.15, 0.2) is 12.4 Å². The molecule has 1 amide bonds. The highest BCUT2D eigenvalue weighted by Crippen LogP contribution is 2.15. The molecule has 0 radical (unpaired) electrons. The normalized spacial score (nSPS) is 17.5. The van der Waals surface area contributed by atoms with Crippen LogP contribution in [-0.2, 0) is 16.1 Å². The average Bonchev–Trinajstić information content (AvgIpc) is 2.71. The summed E-state index contributed by atoms with van der Waals surface area (Å²) in [6, 6.07) is 0. The molecule has 0 aliphatic carbocycles. The van der Waals surface area contributed by atoms with E-state index in [9.17, 15) is 4.79 Å². The quantitative estimate of drug-likeness (QED) is 0.770. The zero-order valence-electron chi connectivity index (χ0n) is 10.2. The lowest BCUT2D eigenvalue weighted by Crippen LogP contribution is -2.59. The number of nitrogens with one attached hydrogen (secondary N) is 2. The molecule has 0 atom stereocenters. The number of rotatable bonds is 5. The molecule has 2 heterocycles. The van der Waals surface area contributed by atoms with E-state index in [0.717, 1.165) is 19.6 Å². The number of amides is 1. The topological polar surface area (TPSA) is 68.2 Å². The summed E-state index contributed by atoms with van der Waals surface area (Å²) >= 11 is 0. The molecular weight excluding hydrogens is 220 g/mol. The highest BCUT2D eigenvalue weighted by molar-refractivity contribution is 5.91. The molecule has 0 aromatic carbocycles. The van der Waals surface area contributed by atoms with Gasteiger partial charge in [-0.1, -0.05) is 0 Å². The maximum Gasteiger partial charge on any atom is 0.250 e. The van der Waals surface area contributed by atoms with Crippen molar-refractivity contribution in [3.63, 3.8) is 0 Å². The van der Waals surface area contributed by atoms with E-state index in [4.69, 9.17) is 4.74 Å². The molecule has 1 aliphatic rings. The van der Waals surface area contributed by atoms with E-state index in [0.29, 0.717) is 5.69 Å². The summed E-state index contributed by atoms with van der Waals surface area (Å²) in [5, 5.41) is 9.94. The molecule has 6 nitrogen and oxygen atoms in total. The van der Waals surface area contributed by atoms with E-state index in [-0.39, 0.29) is 18.1 Å². The summed E-state index contributed by atoms with van der Waals surface area (Å²) < 4.78 is 7.29. The maximum atomic E-state index is 11.6. The van der Waals surface area contributed by atoms with Crippen LogP contribution in [0.3, 0.4) is 0 Å². The van der Waals surface area contributed by atoms with Gasteiger partial charge in [0.05, 0.1) is 17.5 Å². The molecule has 6 heteroatoms. The Kier molecular flexibility index (Phi) is 3.44. The van der Waals surface area contributed by atoms with Gasteiger partial charge in [-0.25, -0.2) is 0 Å². The summed E-state index contributed by atoms with van der Waals surface area (Å²) in [7, 11) is 0. The van der Waals surface area contributed by atoms with Gasteiger partial charge in [-0.05, 0) is 13.8 Å². The molecule has 1 saturated heterocycles. The summed E-state index contributed by atoms with van der Waals surface area (Å²) in [5.41, 5.74) is 0.516. The van der Waals surface area contributed by atoms with Crippen molar-refractivity contribution >= 4 is 11.6 Å². The fraction of sp³-hybridized carbons (Fsp3) is 0.636. The third-order valence-electron chi connectivity index (χ3n) is 2.79. The standard InChI is InChI=1S/C11H18N4O2/c1-3-15-5-9(4-13-15)14-10(16)6-17-11(2)7-12-8-11/h4-5,12H,3,6-8H2,1-2H3,(H,14,16). The first kappa shape index (κ1) is 12.1. The van der Waals surface area contributed by atoms with Crippen molar-refractivity contribution in [1.29, 1.82) is 0 Å². The van der Waals surface area contributed by atoms with Crippen molar-refractivity contribution in [2.45, 2.75) is 26.0 Å². The number of anilines is 1. The van der Waals surface area contributed by atoms with Crippen LogP contribution >= 0.6 is 0 Å². The number of hydrogen-bond acceptors (Lipinski definition) is 4. The first-order valence-corrected chi connectivity index (χ1v) is 5.78. The van der Waals surface area contributed by atoms with Gasteiger partial charge in [0.25, 0.3) is 0 Å². The SMILES string of the molecule is CCn1cc(NC(=O)COC2(C)CNC2)cn1. The fourth-order valence-corrected chi connectivity index (χ4v) is 1.62. The molecule has 1 aromatic rings. The predicted octanol–water partition coefficient (Wildman–Crippen LogP) is 0.220. The van der Waals surface area contributed by atoms with Gasteiger partial charge in [-0.2, -0.15) is 5.10 Å². The lowest BCUT2D eigenvalue weighted by molar-refractivity contribution is -0.130. The smallest absolute Gasteiger partial charge is 0.250 e. The molecule has 0 unspecified atom stereocenters. The summed E-state index contributed by atoms with van der Waals surface area (Å²) in [5.74, 6) is -0.145. The second-order valence-electron chi connectivity index (χ2n) is 4.48. The van der Waals surface area contributed by atoms with Gasteiger partial charge in [0.15, 0.2) is 0 Å². The second kappa shape index (κ2) is 4.85. The second-order valence-corrected chi connectivity index (χ2v) is 4.48. The third kappa shape index (κ3) is 3.04. The van der Waals surface area contributed by atoms with E-state index < -0.39 is 0 Å². The number of hydrogen-bond donors (Lipinski definition) is 2. The third-order valence-corrected chi connectivity index (χ3v) is 2.79. The number of aromatic nitrogens is 2. The number of nitrogens with zero attached hydrogens (tertiary/aromatic N) is 2. The first-order valence-electron chi connectivity index (χ1n) is 5.78. The van der Waals surface area contributed by atoms with Crippen LogP contribution in [0.4, 0.5) is 5.69 Å². The molecule has 0 spiro atoms. The Morgan fingerprint density at radius 3 is 3.00 bits per heavy atom. The Labute approximate surface area is 100 Å². The molecule has 1 fully saturated rings. The maximum absolute atomic E-state index is 11.6. The average molecular weight is 238 g/mol. The fourth-order valence-electron chi connectivity index (χ4n) is 1.62. The Morgan fingerprint density at radius 2 is 2.47 bits per heavy atom. The zero-order chi connectivity index (χ0) is 12.3. The minimum absolute atomic E-state index is 0.0789. The van der Waals surface area contributed by atoms with Gasteiger partial charge in [0.2, 0.25) is 5.91 Å². The lowest BCUT2D eigenvalue weighted by Gasteiger charge is -2.38.